The minimum Gasteiger partial charge on any atom is -0.363 e. The van der Waals surface area contributed by atoms with Gasteiger partial charge in [-0.05, 0) is 67.8 Å². The van der Waals surface area contributed by atoms with Crippen molar-refractivity contribution in [1.82, 2.24) is 15.3 Å². The fraction of sp³-hybridized carbons (Fsp3) is 0.450. The van der Waals surface area contributed by atoms with Crippen molar-refractivity contribution in [1.29, 1.82) is 0 Å². The van der Waals surface area contributed by atoms with E-state index in [1.54, 1.807) is 6.20 Å². The fourth-order valence-corrected chi connectivity index (χ4v) is 3.85. The van der Waals surface area contributed by atoms with Gasteiger partial charge in [0.1, 0.15) is 5.82 Å². The van der Waals surface area contributed by atoms with E-state index < -0.39 is 5.51 Å². The summed E-state index contributed by atoms with van der Waals surface area (Å²) in [6.07, 6.45) is 5.05. The Morgan fingerprint density at radius 2 is 1.70 bits per heavy atom. The summed E-state index contributed by atoms with van der Waals surface area (Å²) in [5.41, 5.74) is -3.98. The number of alkyl halides is 3. The highest BCUT2D eigenvalue weighted by molar-refractivity contribution is 8.00. The zero-order chi connectivity index (χ0) is 21.7. The van der Waals surface area contributed by atoms with Crippen LogP contribution in [-0.4, -0.2) is 47.6 Å². The van der Waals surface area contributed by atoms with Gasteiger partial charge in [0.2, 0.25) is 5.95 Å². The molecule has 1 aromatic carbocycles. The largest absolute Gasteiger partial charge is 0.446 e. The van der Waals surface area contributed by atoms with Crippen LogP contribution in [0.3, 0.4) is 0 Å². The summed E-state index contributed by atoms with van der Waals surface area (Å²) in [5, 5.41) is 6.33. The van der Waals surface area contributed by atoms with Crippen molar-refractivity contribution in [3.05, 3.63) is 42.1 Å². The van der Waals surface area contributed by atoms with Crippen molar-refractivity contribution in [3.63, 3.8) is 0 Å². The smallest absolute Gasteiger partial charge is 0.363 e. The van der Waals surface area contributed by atoms with E-state index in [-0.39, 0.29) is 34.6 Å². The van der Waals surface area contributed by atoms with E-state index in [9.17, 15) is 18.0 Å². The molecule has 0 unspecified atom stereocenters. The molecule has 1 aliphatic carbocycles. The summed E-state index contributed by atoms with van der Waals surface area (Å²) in [7, 11) is 3.84. The minimum absolute atomic E-state index is 0.0359. The molecule has 1 amide bonds. The van der Waals surface area contributed by atoms with Crippen molar-refractivity contribution in [2.75, 3.05) is 24.3 Å². The molecule has 0 saturated heterocycles. The van der Waals surface area contributed by atoms with Crippen molar-refractivity contribution < 1.29 is 18.0 Å². The topological polar surface area (TPSA) is 70.2 Å². The Morgan fingerprint density at radius 1 is 1.07 bits per heavy atom. The second-order valence-electron chi connectivity index (χ2n) is 7.37. The standard InChI is InChI=1S/C20H24F3N5OS/c1-28(2)17-11-12-24-19(27-17)26-15-7-5-14(6-8-15)25-18(29)13-3-9-16(10-4-13)30-20(21,22)23/h3-4,9-12,14-15H,5-8H2,1-2H3,(H,25,29)(H,24,26,27). The second kappa shape index (κ2) is 9.55. The van der Waals surface area contributed by atoms with Crippen LogP contribution < -0.4 is 15.5 Å². The lowest BCUT2D eigenvalue weighted by molar-refractivity contribution is -0.0328. The number of carbonyl (C=O) groups excluding carboxylic acids is 1. The van der Waals surface area contributed by atoms with Gasteiger partial charge in [-0.3, -0.25) is 4.79 Å². The summed E-state index contributed by atoms with van der Waals surface area (Å²) in [6, 6.07) is 7.58. The van der Waals surface area contributed by atoms with E-state index in [2.05, 4.69) is 20.6 Å². The first-order valence-corrected chi connectivity index (χ1v) is 10.4. The van der Waals surface area contributed by atoms with Crippen LogP contribution in [0.1, 0.15) is 36.0 Å². The van der Waals surface area contributed by atoms with Gasteiger partial charge in [0, 0.05) is 42.8 Å². The van der Waals surface area contributed by atoms with Crippen LogP contribution in [0, 0.1) is 0 Å². The molecule has 0 bridgehead atoms. The first-order chi connectivity index (χ1) is 14.2. The molecule has 2 aromatic rings. The Bertz CT molecular complexity index is 852. The SMILES string of the molecule is CN(C)c1ccnc(NC2CCC(NC(=O)c3ccc(SC(F)(F)F)cc3)CC2)n1. The molecule has 10 heteroatoms. The quantitative estimate of drug-likeness (QED) is 0.654. The minimum atomic E-state index is -4.34. The third-order valence-electron chi connectivity index (χ3n) is 4.84. The zero-order valence-corrected chi connectivity index (χ0v) is 17.6. The molecule has 0 atom stereocenters. The molecule has 1 aliphatic rings. The molecule has 2 N–H and O–H groups in total. The maximum absolute atomic E-state index is 12.4. The van der Waals surface area contributed by atoms with E-state index in [0.29, 0.717) is 11.5 Å². The number of anilines is 2. The molecular weight excluding hydrogens is 415 g/mol. The number of hydrogen-bond donors (Lipinski definition) is 2. The van der Waals surface area contributed by atoms with Crippen LogP contribution in [0.25, 0.3) is 0 Å². The van der Waals surface area contributed by atoms with Crippen LogP contribution in [-0.2, 0) is 0 Å². The fourth-order valence-electron chi connectivity index (χ4n) is 3.31. The first-order valence-electron chi connectivity index (χ1n) is 9.63. The van der Waals surface area contributed by atoms with Crippen LogP contribution in [0.2, 0.25) is 0 Å². The molecule has 6 nitrogen and oxygen atoms in total. The number of nitrogens with one attached hydrogen (secondary N) is 2. The summed E-state index contributed by atoms with van der Waals surface area (Å²) in [5.74, 6) is 1.15. The van der Waals surface area contributed by atoms with Crippen LogP contribution in [0.15, 0.2) is 41.4 Å². The molecule has 0 aliphatic heterocycles. The Hall–Kier alpha value is -2.49. The third kappa shape index (κ3) is 6.51. The maximum atomic E-state index is 12.4. The molecule has 30 heavy (non-hydrogen) atoms. The lowest BCUT2D eigenvalue weighted by Gasteiger charge is -2.29. The van der Waals surface area contributed by atoms with Gasteiger partial charge in [0.05, 0.1) is 0 Å². The summed E-state index contributed by atoms with van der Waals surface area (Å²) >= 11 is -0.192. The Morgan fingerprint density at radius 3 is 2.30 bits per heavy atom. The lowest BCUT2D eigenvalue weighted by atomic mass is 9.91. The van der Waals surface area contributed by atoms with Gasteiger partial charge >= 0.3 is 5.51 Å². The van der Waals surface area contributed by atoms with Crippen LogP contribution in [0.4, 0.5) is 24.9 Å². The second-order valence-corrected chi connectivity index (χ2v) is 8.51. The van der Waals surface area contributed by atoms with Crippen LogP contribution in [0.5, 0.6) is 0 Å². The number of rotatable bonds is 6. The van der Waals surface area contributed by atoms with E-state index in [0.717, 1.165) is 31.5 Å². The first kappa shape index (κ1) is 22.2. The van der Waals surface area contributed by atoms with Gasteiger partial charge in [-0.15, -0.1) is 0 Å². The molecule has 0 radical (unpaired) electrons. The highest BCUT2D eigenvalue weighted by Gasteiger charge is 2.29. The number of nitrogens with zero attached hydrogens (tertiary/aromatic N) is 3. The normalized spacial score (nSPS) is 19.2. The maximum Gasteiger partial charge on any atom is 0.446 e. The van der Waals surface area contributed by atoms with Crippen molar-refractivity contribution >= 4 is 29.4 Å². The molecule has 1 fully saturated rings. The van der Waals surface area contributed by atoms with Gasteiger partial charge in [-0.2, -0.15) is 18.2 Å². The average molecular weight is 440 g/mol. The molecule has 1 heterocycles. The number of halogens is 3. The lowest BCUT2D eigenvalue weighted by Crippen LogP contribution is -2.40. The summed E-state index contributed by atoms with van der Waals surface area (Å²) < 4.78 is 37.2. The molecule has 1 saturated carbocycles. The van der Waals surface area contributed by atoms with Crippen molar-refractivity contribution in [2.45, 2.75) is 48.2 Å². The van der Waals surface area contributed by atoms with Crippen molar-refractivity contribution in [2.24, 2.45) is 0 Å². The van der Waals surface area contributed by atoms with E-state index >= 15 is 0 Å². The monoisotopic (exact) mass is 439 g/mol. The zero-order valence-electron chi connectivity index (χ0n) is 16.7. The summed E-state index contributed by atoms with van der Waals surface area (Å²) in [4.78, 5) is 23.1. The Balaban J connectivity index is 1.47. The molecule has 0 spiro atoms. The summed E-state index contributed by atoms with van der Waals surface area (Å²) in [6.45, 7) is 0. The highest BCUT2D eigenvalue weighted by Crippen LogP contribution is 2.36. The van der Waals surface area contributed by atoms with E-state index in [4.69, 9.17) is 0 Å². The third-order valence-corrected chi connectivity index (χ3v) is 5.58. The van der Waals surface area contributed by atoms with E-state index in [1.807, 2.05) is 25.1 Å². The number of aromatic nitrogens is 2. The van der Waals surface area contributed by atoms with Gasteiger partial charge in [-0.25, -0.2) is 4.98 Å². The van der Waals surface area contributed by atoms with Gasteiger partial charge in [0.15, 0.2) is 0 Å². The predicted octanol–water partition coefficient (Wildman–Crippen LogP) is 4.31. The molecule has 3 rings (SSSR count). The highest BCUT2D eigenvalue weighted by atomic mass is 32.2. The molecule has 162 valence electrons. The Kier molecular flexibility index (Phi) is 7.06. The van der Waals surface area contributed by atoms with Crippen LogP contribution >= 0.6 is 11.8 Å². The number of carbonyl (C=O) groups is 1. The molecule has 1 aromatic heterocycles. The number of thioether (sulfide) groups is 1. The number of hydrogen-bond acceptors (Lipinski definition) is 6. The number of benzene rings is 1. The Labute approximate surface area is 177 Å². The average Bonchev–Trinajstić information content (AvgIpc) is 2.69. The van der Waals surface area contributed by atoms with E-state index in [1.165, 1.54) is 24.3 Å². The predicted molar refractivity (Wildman–Crippen MR) is 112 cm³/mol. The van der Waals surface area contributed by atoms with Gasteiger partial charge < -0.3 is 15.5 Å². The van der Waals surface area contributed by atoms with Crippen molar-refractivity contribution in [3.8, 4) is 0 Å². The van der Waals surface area contributed by atoms with Gasteiger partial charge in [0.25, 0.3) is 5.91 Å². The number of amides is 1. The van der Waals surface area contributed by atoms with Gasteiger partial charge in [-0.1, -0.05) is 0 Å². The molecular formula is C20H24F3N5OS.